The summed E-state index contributed by atoms with van der Waals surface area (Å²) in [5.41, 5.74) is 1.44. The molecule has 0 radical (unpaired) electrons. The van der Waals surface area contributed by atoms with Crippen LogP contribution in [0.2, 0.25) is 0 Å². The summed E-state index contributed by atoms with van der Waals surface area (Å²) < 4.78 is 4.53. The number of para-hydroxylation sites is 2. The van der Waals surface area contributed by atoms with E-state index in [9.17, 15) is 9.59 Å². The number of carbonyl (C=O) groups excluding carboxylic acids is 2. The van der Waals surface area contributed by atoms with Crippen molar-refractivity contribution in [3.8, 4) is 0 Å². The van der Waals surface area contributed by atoms with Crippen LogP contribution in [0.1, 0.15) is 10.4 Å². The lowest BCUT2D eigenvalue weighted by Gasteiger charge is -2.10. The number of hydrogen-bond acceptors (Lipinski definition) is 3. The fourth-order valence-corrected chi connectivity index (χ4v) is 1.67. The van der Waals surface area contributed by atoms with Gasteiger partial charge in [-0.2, -0.15) is 0 Å². The second kappa shape index (κ2) is 6.38. The van der Waals surface area contributed by atoms with Gasteiger partial charge < -0.3 is 10.1 Å². The van der Waals surface area contributed by atoms with Gasteiger partial charge in [0.1, 0.15) is 0 Å². The Balaban J connectivity index is 2.19. The summed E-state index contributed by atoms with van der Waals surface area (Å²) in [5, 5.41) is 5.26. The highest BCUT2D eigenvalue weighted by atomic mass is 16.5. The molecule has 0 unspecified atom stereocenters. The Morgan fingerprint density at radius 2 is 1.55 bits per heavy atom. The summed E-state index contributed by atoms with van der Waals surface area (Å²) in [6, 6.07) is 15.8. The molecule has 20 heavy (non-hydrogen) atoms. The van der Waals surface area contributed by atoms with Gasteiger partial charge >= 0.3 is 6.09 Å². The van der Waals surface area contributed by atoms with Crippen molar-refractivity contribution in [2.75, 3.05) is 17.7 Å². The van der Waals surface area contributed by atoms with Gasteiger partial charge in [0.2, 0.25) is 0 Å². The van der Waals surface area contributed by atoms with Crippen LogP contribution >= 0.6 is 0 Å². The maximum atomic E-state index is 12.2. The van der Waals surface area contributed by atoms with E-state index in [1.807, 2.05) is 18.2 Å². The average molecular weight is 270 g/mol. The van der Waals surface area contributed by atoms with E-state index in [1.165, 1.54) is 7.11 Å². The molecule has 0 aromatic heterocycles. The molecule has 0 heterocycles. The van der Waals surface area contributed by atoms with Crippen molar-refractivity contribution in [2.24, 2.45) is 0 Å². The summed E-state index contributed by atoms with van der Waals surface area (Å²) in [5.74, 6) is -0.303. The molecule has 2 amide bonds. The van der Waals surface area contributed by atoms with Crippen LogP contribution in [0.25, 0.3) is 0 Å². The first-order valence-electron chi connectivity index (χ1n) is 6.01. The number of carbonyl (C=O) groups is 2. The molecule has 0 atom stereocenters. The first-order valence-corrected chi connectivity index (χ1v) is 6.01. The Morgan fingerprint density at radius 3 is 2.25 bits per heavy atom. The molecule has 0 aliphatic heterocycles. The van der Waals surface area contributed by atoms with Gasteiger partial charge in [-0.3, -0.25) is 10.1 Å². The Labute approximate surface area is 116 Å². The van der Waals surface area contributed by atoms with E-state index < -0.39 is 6.09 Å². The minimum absolute atomic E-state index is 0.303. The van der Waals surface area contributed by atoms with Gasteiger partial charge in [-0.15, -0.1) is 0 Å². The summed E-state index contributed by atoms with van der Waals surface area (Å²) >= 11 is 0. The van der Waals surface area contributed by atoms with Gasteiger partial charge in [-0.1, -0.05) is 30.3 Å². The first kappa shape index (κ1) is 13.6. The third-order valence-electron chi connectivity index (χ3n) is 2.63. The number of rotatable bonds is 3. The zero-order valence-corrected chi connectivity index (χ0v) is 10.9. The summed E-state index contributed by atoms with van der Waals surface area (Å²) in [6.45, 7) is 0. The highest BCUT2D eigenvalue weighted by Crippen LogP contribution is 2.17. The second-order valence-electron chi connectivity index (χ2n) is 3.98. The van der Waals surface area contributed by atoms with Crippen LogP contribution in [0.15, 0.2) is 54.6 Å². The molecule has 0 saturated heterocycles. The third kappa shape index (κ3) is 3.35. The monoisotopic (exact) mass is 270 g/mol. The zero-order valence-electron chi connectivity index (χ0n) is 10.9. The van der Waals surface area contributed by atoms with Gasteiger partial charge in [0.25, 0.3) is 5.91 Å². The molecule has 0 aliphatic carbocycles. The molecule has 0 saturated carbocycles. The predicted octanol–water partition coefficient (Wildman–Crippen LogP) is 3.12. The smallest absolute Gasteiger partial charge is 0.411 e. The molecule has 0 bridgehead atoms. The number of amides is 2. The van der Waals surface area contributed by atoms with E-state index in [-0.39, 0.29) is 5.91 Å². The van der Waals surface area contributed by atoms with Gasteiger partial charge in [0, 0.05) is 5.69 Å². The van der Waals surface area contributed by atoms with Crippen LogP contribution in [-0.4, -0.2) is 19.1 Å². The van der Waals surface area contributed by atoms with E-state index in [0.717, 1.165) is 0 Å². The lowest BCUT2D eigenvalue weighted by Crippen LogP contribution is -2.17. The van der Waals surface area contributed by atoms with Crippen molar-refractivity contribution in [1.82, 2.24) is 0 Å². The molecule has 2 aromatic carbocycles. The number of anilines is 2. The maximum Gasteiger partial charge on any atom is 0.411 e. The van der Waals surface area contributed by atoms with E-state index in [2.05, 4.69) is 15.4 Å². The topological polar surface area (TPSA) is 67.4 Å². The van der Waals surface area contributed by atoms with Crippen LogP contribution < -0.4 is 10.6 Å². The van der Waals surface area contributed by atoms with Gasteiger partial charge in [0.05, 0.1) is 18.4 Å². The normalized spacial score (nSPS) is 9.65. The Hall–Kier alpha value is -2.82. The number of ether oxygens (including phenoxy) is 1. The molecule has 2 rings (SSSR count). The maximum absolute atomic E-state index is 12.2. The first-order chi connectivity index (χ1) is 9.70. The third-order valence-corrected chi connectivity index (χ3v) is 2.63. The van der Waals surface area contributed by atoms with E-state index >= 15 is 0 Å². The number of hydrogen-bond donors (Lipinski definition) is 2. The SMILES string of the molecule is COC(=O)Nc1ccccc1C(=O)Nc1ccccc1. The summed E-state index contributed by atoms with van der Waals surface area (Å²) in [7, 11) is 1.27. The standard InChI is InChI=1S/C15H14N2O3/c1-20-15(19)17-13-10-6-5-9-12(13)14(18)16-11-7-3-2-4-8-11/h2-10H,1H3,(H,16,18)(H,17,19). The van der Waals surface area contributed by atoms with E-state index in [1.54, 1.807) is 36.4 Å². The van der Waals surface area contributed by atoms with Crippen molar-refractivity contribution in [3.63, 3.8) is 0 Å². The van der Waals surface area contributed by atoms with Crippen molar-refractivity contribution < 1.29 is 14.3 Å². The van der Waals surface area contributed by atoms with Crippen LogP contribution in [0.5, 0.6) is 0 Å². The Morgan fingerprint density at radius 1 is 0.900 bits per heavy atom. The highest BCUT2D eigenvalue weighted by Gasteiger charge is 2.13. The molecule has 102 valence electrons. The minimum atomic E-state index is -0.620. The van der Waals surface area contributed by atoms with Crippen LogP contribution in [0, 0.1) is 0 Å². The fourth-order valence-electron chi connectivity index (χ4n) is 1.67. The highest BCUT2D eigenvalue weighted by molar-refractivity contribution is 6.09. The molecule has 2 N–H and O–H groups in total. The summed E-state index contributed by atoms with van der Waals surface area (Å²) in [4.78, 5) is 23.5. The van der Waals surface area contributed by atoms with Gasteiger partial charge in [-0.25, -0.2) is 4.79 Å². The molecular formula is C15H14N2O3. The number of benzene rings is 2. The van der Waals surface area contributed by atoms with Crippen LogP contribution in [0.4, 0.5) is 16.2 Å². The number of methoxy groups -OCH3 is 1. The van der Waals surface area contributed by atoms with Crippen molar-refractivity contribution >= 4 is 23.4 Å². The van der Waals surface area contributed by atoms with Crippen LogP contribution in [-0.2, 0) is 4.74 Å². The Bertz CT molecular complexity index is 612. The lowest BCUT2D eigenvalue weighted by molar-refractivity contribution is 0.102. The zero-order chi connectivity index (χ0) is 14.4. The number of nitrogens with one attached hydrogen (secondary N) is 2. The molecule has 5 nitrogen and oxygen atoms in total. The quantitative estimate of drug-likeness (QED) is 0.900. The molecule has 5 heteroatoms. The average Bonchev–Trinajstić information content (AvgIpc) is 2.48. The van der Waals surface area contributed by atoms with E-state index in [0.29, 0.717) is 16.9 Å². The predicted molar refractivity (Wildman–Crippen MR) is 76.9 cm³/mol. The lowest BCUT2D eigenvalue weighted by atomic mass is 10.1. The minimum Gasteiger partial charge on any atom is -0.453 e. The molecule has 0 spiro atoms. The molecule has 0 aliphatic rings. The van der Waals surface area contributed by atoms with Crippen LogP contribution in [0.3, 0.4) is 0 Å². The van der Waals surface area contributed by atoms with Gasteiger partial charge in [0.15, 0.2) is 0 Å². The Kier molecular flexibility index (Phi) is 4.34. The largest absolute Gasteiger partial charge is 0.453 e. The van der Waals surface area contributed by atoms with E-state index in [4.69, 9.17) is 0 Å². The molecule has 2 aromatic rings. The van der Waals surface area contributed by atoms with Gasteiger partial charge in [-0.05, 0) is 24.3 Å². The fraction of sp³-hybridized carbons (Fsp3) is 0.0667. The van der Waals surface area contributed by atoms with Crippen molar-refractivity contribution in [2.45, 2.75) is 0 Å². The molecular weight excluding hydrogens is 256 g/mol. The molecule has 0 fully saturated rings. The summed E-state index contributed by atoms with van der Waals surface area (Å²) in [6.07, 6.45) is -0.620. The van der Waals surface area contributed by atoms with Crippen molar-refractivity contribution in [3.05, 3.63) is 60.2 Å². The van der Waals surface area contributed by atoms with Crippen molar-refractivity contribution in [1.29, 1.82) is 0 Å². The second-order valence-corrected chi connectivity index (χ2v) is 3.98.